The van der Waals surface area contributed by atoms with Gasteiger partial charge in [-0.1, -0.05) is 11.6 Å². The van der Waals surface area contributed by atoms with Crippen molar-refractivity contribution < 1.29 is 14.6 Å². The van der Waals surface area contributed by atoms with Crippen molar-refractivity contribution in [2.24, 2.45) is 0 Å². The van der Waals surface area contributed by atoms with Gasteiger partial charge >= 0.3 is 0 Å². The number of amides is 1. The van der Waals surface area contributed by atoms with Gasteiger partial charge in [-0.2, -0.15) is 11.8 Å². The van der Waals surface area contributed by atoms with Crippen LogP contribution >= 0.6 is 23.4 Å². The van der Waals surface area contributed by atoms with Crippen molar-refractivity contribution in [3.05, 3.63) is 22.7 Å². The van der Waals surface area contributed by atoms with E-state index < -0.39 is 0 Å². The second kappa shape index (κ2) is 8.30. The highest BCUT2D eigenvalue weighted by atomic mass is 35.5. The fraction of sp³-hybridized carbons (Fsp3) is 0.462. The number of thioether (sulfide) groups is 1. The molecule has 1 aromatic carbocycles. The highest BCUT2D eigenvalue weighted by molar-refractivity contribution is 7.99. The molecule has 1 aromatic rings. The minimum atomic E-state index is -0.0945. The van der Waals surface area contributed by atoms with E-state index in [1.165, 1.54) is 18.9 Å². The Morgan fingerprint density at radius 3 is 2.89 bits per heavy atom. The second-order valence-electron chi connectivity index (χ2n) is 3.98. The van der Waals surface area contributed by atoms with Gasteiger partial charge in [0.25, 0.3) is 0 Å². The molecule has 0 spiro atoms. The number of halogens is 1. The first-order valence-electron chi connectivity index (χ1n) is 5.91. The van der Waals surface area contributed by atoms with Gasteiger partial charge in [0.05, 0.1) is 18.6 Å². The molecule has 0 bridgehead atoms. The predicted molar refractivity (Wildman–Crippen MR) is 80.4 cm³/mol. The molecule has 106 valence electrons. The number of aryl methyl sites for hydroxylation is 1. The highest BCUT2D eigenvalue weighted by Crippen LogP contribution is 2.30. The lowest BCUT2D eigenvalue weighted by Gasteiger charge is -2.12. The summed E-state index contributed by atoms with van der Waals surface area (Å²) in [6.45, 7) is 2.02. The Bertz CT molecular complexity index is 440. The van der Waals surface area contributed by atoms with Crippen molar-refractivity contribution >= 4 is 35.0 Å². The van der Waals surface area contributed by atoms with E-state index in [1.54, 1.807) is 12.1 Å². The minimum Gasteiger partial charge on any atom is -0.495 e. The number of aliphatic hydroxyl groups is 1. The first-order chi connectivity index (χ1) is 9.08. The third kappa shape index (κ3) is 5.30. The van der Waals surface area contributed by atoms with E-state index in [0.717, 1.165) is 11.3 Å². The number of rotatable bonds is 7. The zero-order valence-corrected chi connectivity index (χ0v) is 12.6. The van der Waals surface area contributed by atoms with Gasteiger partial charge in [0.2, 0.25) is 5.91 Å². The number of nitrogens with one attached hydrogen (secondary N) is 1. The van der Waals surface area contributed by atoms with Crippen molar-refractivity contribution in [2.75, 3.05) is 30.5 Å². The summed E-state index contributed by atoms with van der Waals surface area (Å²) >= 11 is 7.49. The molecule has 6 heteroatoms. The molecule has 0 radical (unpaired) electrons. The molecule has 2 N–H and O–H groups in total. The van der Waals surface area contributed by atoms with E-state index in [1.807, 2.05) is 6.92 Å². The molecule has 0 aliphatic heterocycles. The first kappa shape index (κ1) is 16.1. The molecule has 0 aliphatic carbocycles. The van der Waals surface area contributed by atoms with Crippen molar-refractivity contribution in [1.29, 1.82) is 0 Å². The molecule has 19 heavy (non-hydrogen) atoms. The number of anilines is 1. The average Bonchev–Trinajstić information content (AvgIpc) is 2.38. The van der Waals surface area contributed by atoms with Crippen LogP contribution in [0.1, 0.15) is 12.0 Å². The zero-order chi connectivity index (χ0) is 14.3. The standard InChI is InChI=1S/C13H18ClNO3S/c1-9-6-11(12(18-2)7-10(9)14)15-13(17)8-19-5-3-4-16/h6-7,16H,3-5,8H2,1-2H3,(H,15,17). The summed E-state index contributed by atoms with van der Waals surface area (Å²) in [6.07, 6.45) is 0.696. The number of carbonyl (C=O) groups is 1. The molecule has 0 aromatic heterocycles. The van der Waals surface area contributed by atoms with Crippen molar-refractivity contribution in [3.63, 3.8) is 0 Å². The van der Waals surface area contributed by atoms with Crippen molar-refractivity contribution in [3.8, 4) is 5.75 Å². The van der Waals surface area contributed by atoms with E-state index in [0.29, 0.717) is 28.6 Å². The maximum absolute atomic E-state index is 11.8. The smallest absolute Gasteiger partial charge is 0.234 e. The van der Waals surface area contributed by atoms with Crippen LogP contribution in [0.3, 0.4) is 0 Å². The molecular weight excluding hydrogens is 286 g/mol. The van der Waals surface area contributed by atoms with Gasteiger partial charge in [-0.3, -0.25) is 4.79 Å². The molecule has 0 aliphatic rings. The number of methoxy groups -OCH3 is 1. The van der Waals surface area contributed by atoms with Crippen LogP contribution in [0.15, 0.2) is 12.1 Å². The molecule has 1 amide bonds. The molecule has 0 heterocycles. The third-order valence-corrected chi connectivity index (χ3v) is 3.89. The SMILES string of the molecule is COc1cc(Cl)c(C)cc1NC(=O)CSCCCO. The quantitative estimate of drug-likeness (QED) is 0.760. The first-order valence-corrected chi connectivity index (χ1v) is 7.44. The maximum Gasteiger partial charge on any atom is 0.234 e. The topological polar surface area (TPSA) is 58.6 Å². The Balaban J connectivity index is 2.60. The molecule has 4 nitrogen and oxygen atoms in total. The van der Waals surface area contributed by atoms with Crippen molar-refractivity contribution in [1.82, 2.24) is 0 Å². The van der Waals surface area contributed by atoms with Crippen LogP contribution in [-0.4, -0.2) is 36.2 Å². The highest BCUT2D eigenvalue weighted by Gasteiger charge is 2.10. The number of benzene rings is 1. The third-order valence-electron chi connectivity index (χ3n) is 2.43. The fourth-order valence-corrected chi connectivity index (χ4v) is 2.34. The summed E-state index contributed by atoms with van der Waals surface area (Å²) in [7, 11) is 1.53. The number of carbonyl (C=O) groups excluding carboxylic acids is 1. The summed E-state index contributed by atoms with van der Waals surface area (Å²) in [4.78, 5) is 11.8. The Hall–Kier alpha value is -0.910. The Morgan fingerprint density at radius 1 is 1.53 bits per heavy atom. The second-order valence-corrected chi connectivity index (χ2v) is 5.49. The Morgan fingerprint density at radius 2 is 2.26 bits per heavy atom. The largest absolute Gasteiger partial charge is 0.495 e. The van der Waals surface area contributed by atoms with Crippen LogP contribution in [0.2, 0.25) is 5.02 Å². The molecule has 0 saturated carbocycles. The van der Waals surface area contributed by atoms with E-state index in [9.17, 15) is 4.79 Å². The van der Waals surface area contributed by atoms with Crippen LogP contribution < -0.4 is 10.1 Å². The van der Waals surface area contributed by atoms with Crippen LogP contribution in [0.25, 0.3) is 0 Å². The molecular formula is C13H18ClNO3S. The molecule has 0 fully saturated rings. The Kier molecular flexibility index (Phi) is 7.05. The Labute approximate surface area is 122 Å². The summed E-state index contributed by atoms with van der Waals surface area (Å²) in [5.74, 6) is 1.57. The molecule has 0 saturated heterocycles. The average molecular weight is 304 g/mol. The number of hydrogen-bond donors (Lipinski definition) is 2. The van der Waals surface area contributed by atoms with Gasteiger partial charge in [0, 0.05) is 17.7 Å². The minimum absolute atomic E-state index is 0.0945. The normalized spacial score (nSPS) is 10.3. The van der Waals surface area contributed by atoms with E-state index in [2.05, 4.69) is 5.32 Å². The van der Waals surface area contributed by atoms with Crippen LogP contribution in [-0.2, 0) is 4.79 Å². The van der Waals surface area contributed by atoms with Gasteiger partial charge in [-0.25, -0.2) is 0 Å². The molecule has 0 atom stereocenters. The fourth-order valence-electron chi connectivity index (χ4n) is 1.45. The summed E-state index contributed by atoms with van der Waals surface area (Å²) in [5.41, 5.74) is 1.50. The molecule has 0 unspecified atom stereocenters. The maximum atomic E-state index is 11.8. The lowest BCUT2D eigenvalue weighted by atomic mass is 10.2. The predicted octanol–water partition coefficient (Wildman–Crippen LogP) is 2.71. The lowest BCUT2D eigenvalue weighted by molar-refractivity contribution is -0.113. The van der Waals surface area contributed by atoms with Gasteiger partial charge in [-0.15, -0.1) is 0 Å². The van der Waals surface area contributed by atoms with Crippen molar-refractivity contribution in [2.45, 2.75) is 13.3 Å². The number of hydrogen-bond acceptors (Lipinski definition) is 4. The molecule has 1 rings (SSSR count). The van der Waals surface area contributed by atoms with Crippen LogP contribution in [0.5, 0.6) is 5.75 Å². The van der Waals surface area contributed by atoms with Crippen LogP contribution in [0.4, 0.5) is 5.69 Å². The summed E-state index contributed by atoms with van der Waals surface area (Å²) in [5, 5.41) is 12.1. The monoisotopic (exact) mass is 303 g/mol. The zero-order valence-electron chi connectivity index (χ0n) is 11.0. The van der Waals surface area contributed by atoms with Gasteiger partial charge in [0.15, 0.2) is 0 Å². The lowest BCUT2D eigenvalue weighted by Crippen LogP contribution is -2.15. The van der Waals surface area contributed by atoms with Gasteiger partial charge < -0.3 is 15.2 Å². The summed E-state index contributed by atoms with van der Waals surface area (Å²) in [6, 6.07) is 3.48. The van der Waals surface area contributed by atoms with E-state index in [-0.39, 0.29) is 12.5 Å². The van der Waals surface area contributed by atoms with Gasteiger partial charge in [0.1, 0.15) is 5.75 Å². The van der Waals surface area contributed by atoms with Crippen LogP contribution in [0, 0.1) is 6.92 Å². The summed E-state index contributed by atoms with van der Waals surface area (Å²) < 4.78 is 5.19. The number of aliphatic hydroxyl groups excluding tert-OH is 1. The number of ether oxygens (including phenoxy) is 1. The van der Waals surface area contributed by atoms with E-state index >= 15 is 0 Å². The van der Waals surface area contributed by atoms with E-state index in [4.69, 9.17) is 21.4 Å². The van der Waals surface area contributed by atoms with Gasteiger partial charge in [-0.05, 0) is 30.7 Å².